The van der Waals surface area contributed by atoms with E-state index < -0.39 is 0 Å². The van der Waals surface area contributed by atoms with Gasteiger partial charge in [-0.3, -0.25) is 4.79 Å². The van der Waals surface area contributed by atoms with Gasteiger partial charge in [0.05, 0.1) is 11.2 Å². The van der Waals surface area contributed by atoms with Crippen LogP contribution in [0.4, 0.5) is 5.69 Å². The lowest BCUT2D eigenvalue weighted by Gasteiger charge is -2.14. The summed E-state index contributed by atoms with van der Waals surface area (Å²) in [4.78, 5) is 11.7. The number of benzene rings is 1. The molecule has 0 radical (unpaired) electrons. The van der Waals surface area contributed by atoms with Gasteiger partial charge in [-0.05, 0) is 26.0 Å². The van der Waals surface area contributed by atoms with E-state index in [1.165, 1.54) is 0 Å². The van der Waals surface area contributed by atoms with E-state index in [9.17, 15) is 4.79 Å². The van der Waals surface area contributed by atoms with Gasteiger partial charge in [0.15, 0.2) is 0 Å². The first-order valence-electron chi connectivity index (χ1n) is 5.01. The Labute approximate surface area is 88.1 Å². The van der Waals surface area contributed by atoms with Crippen molar-refractivity contribution in [1.82, 2.24) is 4.57 Å². The van der Waals surface area contributed by atoms with Crippen LogP contribution in [0, 0.1) is 0 Å². The molecule has 0 spiro atoms. The van der Waals surface area contributed by atoms with Crippen LogP contribution in [0.5, 0.6) is 0 Å². The van der Waals surface area contributed by atoms with E-state index in [0.29, 0.717) is 5.69 Å². The number of aromatic nitrogens is 1. The zero-order valence-electron chi connectivity index (χ0n) is 8.90. The fourth-order valence-corrected chi connectivity index (χ4v) is 1.86. The van der Waals surface area contributed by atoms with Crippen molar-refractivity contribution < 1.29 is 0 Å². The summed E-state index contributed by atoms with van der Waals surface area (Å²) in [6.45, 7) is 3.96. The Kier molecular flexibility index (Phi) is 2.23. The highest BCUT2D eigenvalue weighted by molar-refractivity contribution is 5.89. The molecule has 0 saturated heterocycles. The molecular weight excluding hydrogens is 188 g/mol. The predicted octanol–water partition coefficient (Wildman–Crippen LogP) is 2.16. The van der Waals surface area contributed by atoms with Gasteiger partial charge in [0, 0.05) is 17.5 Å². The number of hydrogen-bond acceptors (Lipinski definition) is 2. The molecule has 0 aliphatic carbocycles. The molecular formula is C12H14N2O. The van der Waals surface area contributed by atoms with Gasteiger partial charge in [-0.1, -0.05) is 12.1 Å². The minimum absolute atomic E-state index is 0.00426. The Bertz CT molecular complexity index is 555. The smallest absolute Gasteiger partial charge is 0.251 e. The maximum absolute atomic E-state index is 11.7. The highest BCUT2D eigenvalue weighted by atomic mass is 16.1. The summed E-state index contributed by atoms with van der Waals surface area (Å²) in [6.07, 6.45) is 0. The lowest BCUT2D eigenvalue weighted by molar-refractivity contribution is 0.601. The van der Waals surface area contributed by atoms with E-state index in [1.807, 2.05) is 38.1 Å². The number of rotatable bonds is 1. The molecule has 0 atom stereocenters. The molecule has 15 heavy (non-hydrogen) atoms. The third kappa shape index (κ3) is 1.50. The molecule has 0 saturated carbocycles. The summed E-state index contributed by atoms with van der Waals surface area (Å²) >= 11 is 0. The van der Waals surface area contributed by atoms with E-state index >= 15 is 0 Å². The molecule has 3 heteroatoms. The second kappa shape index (κ2) is 3.42. The van der Waals surface area contributed by atoms with Crippen LogP contribution in [0.15, 0.2) is 35.1 Å². The van der Waals surface area contributed by atoms with Crippen LogP contribution in [0.25, 0.3) is 10.9 Å². The summed E-state index contributed by atoms with van der Waals surface area (Å²) in [5.41, 5.74) is 7.38. The Hall–Kier alpha value is -1.77. The maximum atomic E-state index is 11.7. The predicted molar refractivity (Wildman–Crippen MR) is 63.0 cm³/mol. The molecule has 0 fully saturated rings. The fraction of sp³-hybridized carbons (Fsp3) is 0.250. The number of hydrogen-bond donors (Lipinski definition) is 1. The van der Waals surface area contributed by atoms with Crippen molar-refractivity contribution >= 4 is 16.6 Å². The largest absolute Gasteiger partial charge is 0.397 e. The maximum Gasteiger partial charge on any atom is 0.251 e. The van der Waals surface area contributed by atoms with Gasteiger partial charge in [0.25, 0.3) is 5.56 Å². The monoisotopic (exact) mass is 202 g/mol. The van der Waals surface area contributed by atoms with Crippen molar-refractivity contribution in [2.24, 2.45) is 0 Å². The molecule has 1 heterocycles. The number of nitrogens with two attached hydrogens (primary N) is 1. The van der Waals surface area contributed by atoms with Crippen LogP contribution >= 0.6 is 0 Å². The first kappa shape index (κ1) is 9.77. The Morgan fingerprint density at radius 3 is 2.60 bits per heavy atom. The summed E-state index contributed by atoms with van der Waals surface area (Å²) in [5, 5.41) is 1.00. The van der Waals surface area contributed by atoms with E-state index in [1.54, 1.807) is 10.6 Å². The second-order valence-electron chi connectivity index (χ2n) is 3.92. The minimum atomic E-state index is -0.00426. The first-order chi connectivity index (χ1) is 7.11. The van der Waals surface area contributed by atoms with Gasteiger partial charge >= 0.3 is 0 Å². The summed E-state index contributed by atoms with van der Waals surface area (Å²) in [5.74, 6) is 0. The van der Waals surface area contributed by atoms with E-state index in [4.69, 9.17) is 5.73 Å². The highest BCUT2D eigenvalue weighted by Crippen LogP contribution is 2.21. The number of nitrogen functional groups attached to an aromatic ring is 1. The van der Waals surface area contributed by atoms with Gasteiger partial charge in [-0.2, -0.15) is 0 Å². The molecule has 0 amide bonds. The van der Waals surface area contributed by atoms with Crippen LogP contribution in [0.3, 0.4) is 0 Å². The average molecular weight is 202 g/mol. The quantitative estimate of drug-likeness (QED) is 0.720. The number of para-hydroxylation sites is 1. The van der Waals surface area contributed by atoms with Crippen molar-refractivity contribution in [1.29, 1.82) is 0 Å². The van der Waals surface area contributed by atoms with Crippen molar-refractivity contribution in [2.75, 3.05) is 5.73 Å². The molecule has 0 bridgehead atoms. The topological polar surface area (TPSA) is 48.0 Å². The van der Waals surface area contributed by atoms with Gasteiger partial charge < -0.3 is 10.3 Å². The normalized spacial score (nSPS) is 11.1. The van der Waals surface area contributed by atoms with E-state index in [-0.39, 0.29) is 11.6 Å². The van der Waals surface area contributed by atoms with Gasteiger partial charge in [-0.15, -0.1) is 0 Å². The third-order valence-corrected chi connectivity index (χ3v) is 2.50. The Morgan fingerprint density at radius 2 is 1.93 bits per heavy atom. The van der Waals surface area contributed by atoms with Crippen LogP contribution in [0.2, 0.25) is 0 Å². The van der Waals surface area contributed by atoms with Crippen molar-refractivity contribution in [3.8, 4) is 0 Å². The van der Waals surface area contributed by atoms with Gasteiger partial charge in [-0.25, -0.2) is 0 Å². The zero-order chi connectivity index (χ0) is 11.0. The van der Waals surface area contributed by atoms with Crippen molar-refractivity contribution in [3.63, 3.8) is 0 Å². The molecule has 1 aromatic carbocycles. The van der Waals surface area contributed by atoms with Crippen LogP contribution in [-0.2, 0) is 0 Å². The van der Waals surface area contributed by atoms with Crippen LogP contribution in [-0.4, -0.2) is 4.57 Å². The molecule has 1 aromatic heterocycles. The SMILES string of the molecule is CC(C)n1c(=O)ccc2cccc(N)c21. The molecule has 3 nitrogen and oxygen atoms in total. The van der Waals surface area contributed by atoms with Gasteiger partial charge in [0.2, 0.25) is 0 Å². The molecule has 78 valence electrons. The first-order valence-corrected chi connectivity index (χ1v) is 5.01. The van der Waals surface area contributed by atoms with Crippen molar-refractivity contribution in [2.45, 2.75) is 19.9 Å². The Morgan fingerprint density at radius 1 is 1.20 bits per heavy atom. The lowest BCUT2D eigenvalue weighted by Crippen LogP contribution is -2.21. The number of pyridine rings is 1. The van der Waals surface area contributed by atoms with E-state index in [0.717, 1.165) is 10.9 Å². The number of nitrogens with zero attached hydrogens (tertiary/aromatic N) is 1. The molecule has 0 aliphatic rings. The summed E-state index contributed by atoms with van der Waals surface area (Å²) in [6, 6.07) is 9.19. The van der Waals surface area contributed by atoms with Crippen molar-refractivity contribution in [3.05, 3.63) is 40.7 Å². The highest BCUT2D eigenvalue weighted by Gasteiger charge is 2.08. The zero-order valence-corrected chi connectivity index (χ0v) is 8.90. The molecule has 0 aliphatic heterocycles. The average Bonchev–Trinajstić information content (AvgIpc) is 2.18. The van der Waals surface area contributed by atoms with E-state index in [2.05, 4.69) is 0 Å². The molecule has 0 unspecified atom stereocenters. The molecule has 2 rings (SSSR count). The lowest BCUT2D eigenvalue weighted by atomic mass is 10.1. The number of anilines is 1. The summed E-state index contributed by atoms with van der Waals surface area (Å²) < 4.78 is 1.73. The minimum Gasteiger partial charge on any atom is -0.397 e. The van der Waals surface area contributed by atoms with Gasteiger partial charge in [0.1, 0.15) is 0 Å². The standard InChI is InChI=1S/C12H14N2O/c1-8(2)14-11(15)7-6-9-4-3-5-10(13)12(9)14/h3-8H,13H2,1-2H3. The third-order valence-electron chi connectivity index (χ3n) is 2.50. The second-order valence-corrected chi connectivity index (χ2v) is 3.92. The van der Waals surface area contributed by atoms with Crippen LogP contribution in [0.1, 0.15) is 19.9 Å². The van der Waals surface area contributed by atoms with Crippen LogP contribution < -0.4 is 11.3 Å². The fourth-order valence-electron chi connectivity index (χ4n) is 1.86. The number of fused-ring (bicyclic) bond motifs is 1. The molecule has 2 aromatic rings. The summed E-state index contributed by atoms with van der Waals surface area (Å²) in [7, 11) is 0. The molecule has 2 N–H and O–H groups in total. The Balaban J connectivity index is 2.98.